The van der Waals surface area contributed by atoms with Crippen molar-refractivity contribution in [3.05, 3.63) is 47.5 Å². The molecule has 2 saturated heterocycles. The predicted molar refractivity (Wildman–Crippen MR) is 99.8 cm³/mol. The van der Waals surface area contributed by atoms with E-state index >= 15 is 0 Å². The number of aromatic amines is 1. The summed E-state index contributed by atoms with van der Waals surface area (Å²) in [6.07, 6.45) is 4.65. The summed E-state index contributed by atoms with van der Waals surface area (Å²) >= 11 is 0. The number of piperazine rings is 1. The van der Waals surface area contributed by atoms with Crippen molar-refractivity contribution in [1.82, 2.24) is 20.0 Å². The van der Waals surface area contributed by atoms with Crippen LogP contribution in [0.4, 0.5) is 10.1 Å². The van der Waals surface area contributed by atoms with Crippen LogP contribution in [0.2, 0.25) is 0 Å². The lowest BCUT2D eigenvalue weighted by molar-refractivity contribution is 0.0255. The van der Waals surface area contributed by atoms with E-state index < -0.39 is 0 Å². The van der Waals surface area contributed by atoms with Gasteiger partial charge < -0.3 is 4.90 Å². The molecule has 0 unspecified atom stereocenters. The summed E-state index contributed by atoms with van der Waals surface area (Å²) in [5.74, 6) is 0.577. The van der Waals surface area contributed by atoms with E-state index in [1.54, 1.807) is 12.1 Å². The van der Waals surface area contributed by atoms with E-state index in [2.05, 4.69) is 24.9 Å². The van der Waals surface area contributed by atoms with E-state index in [1.807, 2.05) is 18.3 Å². The number of benzene rings is 1. The number of likely N-dealkylation sites (tertiary alicyclic amines) is 1. The topological polar surface area (TPSA) is 38.4 Å². The first-order valence-electron chi connectivity index (χ1n) is 9.75. The SMILES string of the molecule is Fc1ccc(N2CCN(C3CN(Cc4cn[nH]c4C4CC4)C3)CC2)cc1. The van der Waals surface area contributed by atoms with Crippen molar-refractivity contribution in [3.8, 4) is 0 Å². The molecule has 1 aromatic carbocycles. The standard InChI is InChI=1S/C20H26FN5/c21-17-3-5-18(6-4-17)25-7-9-26(10-8-25)19-13-24(14-19)12-16-11-22-23-20(16)15-1-2-15/h3-6,11,15,19H,1-2,7-10,12-14H2,(H,22,23). The maximum atomic E-state index is 13.1. The highest BCUT2D eigenvalue weighted by atomic mass is 19.1. The van der Waals surface area contributed by atoms with Crippen molar-refractivity contribution in [2.24, 2.45) is 0 Å². The van der Waals surface area contributed by atoms with Crippen LogP contribution in [0.3, 0.4) is 0 Å². The van der Waals surface area contributed by atoms with Gasteiger partial charge in [0.2, 0.25) is 0 Å². The van der Waals surface area contributed by atoms with Crippen LogP contribution >= 0.6 is 0 Å². The van der Waals surface area contributed by atoms with Crippen LogP contribution in [0, 0.1) is 5.82 Å². The predicted octanol–water partition coefficient (Wildman–Crippen LogP) is 2.43. The molecule has 3 fully saturated rings. The summed E-state index contributed by atoms with van der Waals surface area (Å²) in [6.45, 7) is 7.58. The van der Waals surface area contributed by atoms with E-state index in [1.165, 1.54) is 24.1 Å². The molecule has 5 rings (SSSR count). The summed E-state index contributed by atoms with van der Waals surface area (Å²) in [6, 6.07) is 7.56. The summed E-state index contributed by atoms with van der Waals surface area (Å²) in [4.78, 5) is 7.52. The fourth-order valence-electron chi connectivity index (χ4n) is 4.31. The molecule has 5 nitrogen and oxygen atoms in total. The highest BCUT2D eigenvalue weighted by Gasteiger charge is 2.35. The molecule has 1 aromatic heterocycles. The second-order valence-electron chi connectivity index (χ2n) is 7.93. The Bertz CT molecular complexity index is 740. The summed E-state index contributed by atoms with van der Waals surface area (Å²) in [5.41, 5.74) is 3.90. The first kappa shape index (κ1) is 16.3. The first-order valence-corrected chi connectivity index (χ1v) is 9.75. The van der Waals surface area contributed by atoms with Gasteiger partial charge in [0.05, 0.1) is 6.20 Å². The minimum atomic E-state index is -0.163. The van der Waals surface area contributed by atoms with Crippen molar-refractivity contribution < 1.29 is 4.39 Å². The molecule has 6 heteroatoms. The fraction of sp³-hybridized carbons (Fsp3) is 0.550. The van der Waals surface area contributed by atoms with Crippen LogP contribution < -0.4 is 4.90 Å². The lowest BCUT2D eigenvalue weighted by atomic mass is 10.0. The van der Waals surface area contributed by atoms with Gasteiger partial charge in [0, 0.05) is 74.7 Å². The Morgan fingerprint density at radius 2 is 1.77 bits per heavy atom. The van der Waals surface area contributed by atoms with Crippen molar-refractivity contribution in [3.63, 3.8) is 0 Å². The quantitative estimate of drug-likeness (QED) is 0.894. The summed E-state index contributed by atoms with van der Waals surface area (Å²) in [5, 5.41) is 7.46. The van der Waals surface area contributed by atoms with Gasteiger partial charge in [-0.25, -0.2) is 4.39 Å². The molecule has 0 bridgehead atoms. The van der Waals surface area contributed by atoms with Crippen molar-refractivity contribution in [1.29, 1.82) is 0 Å². The number of anilines is 1. The molecule has 0 atom stereocenters. The Balaban J connectivity index is 1.10. The third-order valence-corrected chi connectivity index (χ3v) is 6.09. The number of hydrogen-bond acceptors (Lipinski definition) is 4. The largest absolute Gasteiger partial charge is 0.369 e. The highest BCUT2D eigenvalue weighted by Crippen LogP contribution is 2.40. The zero-order chi connectivity index (χ0) is 17.5. The zero-order valence-corrected chi connectivity index (χ0v) is 15.1. The number of rotatable bonds is 5. The normalized spacial score (nSPS) is 22.6. The first-order chi connectivity index (χ1) is 12.8. The Morgan fingerprint density at radius 1 is 1.04 bits per heavy atom. The lowest BCUT2D eigenvalue weighted by Crippen LogP contribution is -2.62. The zero-order valence-electron chi connectivity index (χ0n) is 15.1. The fourth-order valence-corrected chi connectivity index (χ4v) is 4.31. The third kappa shape index (κ3) is 3.23. The molecule has 1 aliphatic carbocycles. The molecule has 138 valence electrons. The van der Waals surface area contributed by atoms with Crippen molar-refractivity contribution >= 4 is 5.69 Å². The molecule has 1 N–H and O–H groups in total. The number of hydrogen-bond donors (Lipinski definition) is 1. The molecule has 0 radical (unpaired) electrons. The van der Waals surface area contributed by atoms with Crippen LogP contribution in [0.5, 0.6) is 0 Å². The maximum absolute atomic E-state index is 13.1. The van der Waals surface area contributed by atoms with Crippen LogP contribution in [-0.2, 0) is 6.54 Å². The smallest absolute Gasteiger partial charge is 0.123 e. The molecule has 0 spiro atoms. The third-order valence-electron chi connectivity index (χ3n) is 6.09. The molecule has 3 heterocycles. The molecule has 1 saturated carbocycles. The van der Waals surface area contributed by atoms with E-state index in [-0.39, 0.29) is 5.82 Å². The van der Waals surface area contributed by atoms with Gasteiger partial charge in [0.15, 0.2) is 0 Å². The monoisotopic (exact) mass is 355 g/mol. The lowest BCUT2D eigenvalue weighted by Gasteiger charge is -2.48. The summed E-state index contributed by atoms with van der Waals surface area (Å²) in [7, 11) is 0. The average Bonchev–Trinajstić information content (AvgIpc) is 3.37. The van der Waals surface area contributed by atoms with Crippen LogP contribution in [0.25, 0.3) is 0 Å². The van der Waals surface area contributed by atoms with Crippen LogP contribution in [0.1, 0.15) is 30.0 Å². The van der Waals surface area contributed by atoms with E-state index in [4.69, 9.17) is 0 Å². The number of halogens is 1. The average molecular weight is 355 g/mol. The molecule has 0 amide bonds. The number of nitrogens with zero attached hydrogens (tertiary/aromatic N) is 4. The van der Waals surface area contributed by atoms with Crippen molar-refractivity contribution in [2.75, 3.05) is 44.2 Å². The van der Waals surface area contributed by atoms with Gasteiger partial charge in [-0.15, -0.1) is 0 Å². The van der Waals surface area contributed by atoms with Gasteiger partial charge in [-0.3, -0.25) is 14.9 Å². The van der Waals surface area contributed by atoms with Crippen LogP contribution in [0.15, 0.2) is 30.5 Å². The van der Waals surface area contributed by atoms with Crippen molar-refractivity contribution in [2.45, 2.75) is 31.3 Å². The highest BCUT2D eigenvalue weighted by molar-refractivity contribution is 5.46. The minimum Gasteiger partial charge on any atom is -0.369 e. The summed E-state index contributed by atoms with van der Waals surface area (Å²) < 4.78 is 13.1. The number of H-pyrrole nitrogens is 1. The number of nitrogens with one attached hydrogen (secondary N) is 1. The van der Waals surface area contributed by atoms with Gasteiger partial charge in [-0.1, -0.05) is 0 Å². The van der Waals surface area contributed by atoms with Gasteiger partial charge in [-0.05, 0) is 37.1 Å². The van der Waals surface area contributed by atoms with Gasteiger partial charge >= 0.3 is 0 Å². The molecule has 2 aromatic rings. The Kier molecular flexibility index (Phi) is 4.17. The molecule has 2 aliphatic heterocycles. The minimum absolute atomic E-state index is 0.163. The van der Waals surface area contributed by atoms with E-state index in [0.717, 1.165) is 57.4 Å². The van der Waals surface area contributed by atoms with Gasteiger partial charge in [0.25, 0.3) is 0 Å². The Morgan fingerprint density at radius 3 is 2.46 bits per heavy atom. The van der Waals surface area contributed by atoms with Gasteiger partial charge in [0.1, 0.15) is 5.82 Å². The molecule has 3 aliphatic rings. The number of aromatic nitrogens is 2. The Hall–Kier alpha value is -1.92. The second kappa shape index (κ2) is 6.67. The van der Waals surface area contributed by atoms with E-state index in [9.17, 15) is 4.39 Å². The second-order valence-corrected chi connectivity index (χ2v) is 7.93. The molecule has 26 heavy (non-hydrogen) atoms. The molecular weight excluding hydrogens is 329 g/mol. The van der Waals surface area contributed by atoms with Gasteiger partial charge in [-0.2, -0.15) is 5.10 Å². The van der Waals surface area contributed by atoms with Crippen LogP contribution in [-0.4, -0.2) is 65.3 Å². The van der Waals surface area contributed by atoms with E-state index in [0.29, 0.717) is 6.04 Å². The molecular formula is C20H26FN5. The maximum Gasteiger partial charge on any atom is 0.123 e. The Labute approximate surface area is 153 Å².